The number of nitrogens with zero attached hydrogens (tertiary/aromatic N) is 3. The Hall–Kier alpha value is -1.43. The molecule has 1 fully saturated rings. The molecule has 0 N–H and O–H groups in total. The molecule has 6 nitrogen and oxygen atoms in total. The summed E-state index contributed by atoms with van der Waals surface area (Å²) in [6.45, 7) is 0.453. The molecular formula is C11H14ClN3O3. The highest BCUT2D eigenvalue weighted by Gasteiger charge is 2.24. The van der Waals surface area contributed by atoms with Crippen LogP contribution in [0, 0.1) is 16.0 Å². The number of nitro groups is 1. The van der Waals surface area contributed by atoms with Crippen molar-refractivity contribution in [2.24, 2.45) is 5.92 Å². The lowest BCUT2D eigenvalue weighted by Gasteiger charge is -2.21. The lowest BCUT2D eigenvalue weighted by Crippen LogP contribution is -2.16. The van der Waals surface area contributed by atoms with Gasteiger partial charge in [0.05, 0.1) is 11.5 Å². The third kappa shape index (κ3) is 3.07. The maximum atomic E-state index is 10.9. The largest absolute Gasteiger partial charge is 0.472 e. The lowest BCUT2D eigenvalue weighted by atomic mass is 9.90. The molecule has 0 aromatic carbocycles. The monoisotopic (exact) mass is 271 g/mol. The molecule has 1 aromatic rings. The summed E-state index contributed by atoms with van der Waals surface area (Å²) in [5, 5.41) is 10.7. The van der Waals surface area contributed by atoms with Gasteiger partial charge in [-0.3, -0.25) is 10.1 Å². The maximum Gasteiger partial charge on any atom is 0.367 e. The molecule has 0 amide bonds. The van der Waals surface area contributed by atoms with Crippen LogP contribution in [0.2, 0.25) is 5.15 Å². The SMILES string of the molecule is O=[N+]([O-])c1c(Cl)ncnc1OCC1CCCCC1. The number of aromatic nitrogens is 2. The van der Waals surface area contributed by atoms with Crippen molar-refractivity contribution < 1.29 is 9.66 Å². The first kappa shape index (κ1) is 13.0. The molecule has 1 aliphatic rings. The van der Waals surface area contributed by atoms with Crippen LogP contribution in [-0.2, 0) is 0 Å². The summed E-state index contributed by atoms with van der Waals surface area (Å²) in [6, 6.07) is 0. The van der Waals surface area contributed by atoms with E-state index in [1.54, 1.807) is 0 Å². The Balaban J connectivity index is 2.04. The Labute approximate surface area is 109 Å². The minimum absolute atomic E-state index is 0.0365. The van der Waals surface area contributed by atoms with Gasteiger partial charge in [0, 0.05) is 0 Å². The van der Waals surface area contributed by atoms with E-state index in [0.29, 0.717) is 12.5 Å². The molecule has 1 aromatic heterocycles. The fourth-order valence-corrected chi connectivity index (χ4v) is 2.35. The second-order valence-corrected chi connectivity index (χ2v) is 4.75. The van der Waals surface area contributed by atoms with Crippen molar-refractivity contribution >= 4 is 17.3 Å². The number of hydrogen-bond donors (Lipinski definition) is 0. The molecule has 7 heteroatoms. The first-order valence-electron chi connectivity index (χ1n) is 5.96. The van der Waals surface area contributed by atoms with Gasteiger partial charge in [0.25, 0.3) is 5.88 Å². The fraction of sp³-hybridized carbons (Fsp3) is 0.636. The van der Waals surface area contributed by atoms with Crippen LogP contribution in [0.5, 0.6) is 5.88 Å². The summed E-state index contributed by atoms with van der Waals surface area (Å²) in [7, 11) is 0. The molecule has 1 aliphatic carbocycles. The summed E-state index contributed by atoms with van der Waals surface area (Å²) in [5.41, 5.74) is -0.352. The second kappa shape index (κ2) is 5.95. The van der Waals surface area contributed by atoms with Gasteiger partial charge in [0.2, 0.25) is 5.15 Å². The predicted molar refractivity (Wildman–Crippen MR) is 65.8 cm³/mol. The van der Waals surface area contributed by atoms with Gasteiger partial charge < -0.3 is 4.74 Å². The van der Waals surface area contributed by atoms with E-state index in [4.69, 9.17) is 16.3 Å². The van der Waals surface area contributed by atoms with Crippen molar-refractivity contribution in [1.82, 2.24) is 9.97 Å². The van der Waals surface area contributed by atoms with Crippen LogP contribution in [0.1, 0.15) is 32.1 Å². The Kier molecular flexibility index (Phi) is 4.30. The van der Waals surface area contributed by atoms with Crippen LogP contribution >= 0.6 is 11.6 Å². The Morgan fingerprint density at radius 2 is 2.11 bits per heavy atom. The molecule has 2 rings (SSSR count). The highest BCUT2D eigenvalue weighted by atomic mass is 35.5. The van der Waals surface area contributed by atoms with Crippen molar-refractivity contribution in [2.45, 2.75) is 32.1 Å². The van der Waals surface area contributed by atoms with Crippen LogP contribution in [0.15, 0.2) is 6.33 Å². The van der Waals surface area contributed by atoms with E-state index in [0.717, 1.165) is 12.8 Å². The summed E-state index contributed by atoms with van der Waals surface area (Å²) < 4.78 is 5.44. The van der Waals surface area contributed by atoms with E-state index in [1.165, 1.54) is 25.6 Å². The van der Waals surface area contributed by atoms with Gasteiger partial charge in [0.15, 0.2) is 0 Å². The molecule has 0 saturated heterocycles. The molecule has 1 saturated carbocycles. The highest BCUT2D eigenvalue weighted by molar-refractivity contribution is 6.31. The van der Waals surface area contributed by atoms with E-state index in [9.17, 15) is 10.1 Å². The van der Waals surface area contributed by atoms with Gasteiger partial charge in [-0.1, -0.05) is 30.9 Å². The van der Waals surface area contributed by atoms with Gasteiger partial charge in [-0.05, 0) is 18.8 Å². The molecule has 1 heterocycles. The average Bonchev–Trinajstić information content (AvgIpc) is 2.37. The molecule has 0 spiro atoms. The maximum absolute atomic E-state index is 10.9. The number of hydrogen-bond acceptors (Lipinski definition) is 5. The van der Waals surface area contributed by atoms with Gasteiger partial charge in [-0.2, -0.15) is 4.98 Å². The van der Waals surface area contributed by atoms with Gasteiger partial charge >= 0.3 is 5.69 Å². The smallest absolute Gasteiger partial charge is 0.367 e. The van der Waals surface area contributed by atoms with Crippen molar-refractivity contribution in [3.8, 4) is 5.88 Å². The normalized spacial score (nSPS) is 16.5. The van der Waals surface area contributed by atoms with Crippen LogP contribution in [0.3, 0.4) is 0 Å². The standard InChI is InChI=1S/C11H14ClN3O3/c12-10-9(15(16)17)11(14-7-13-10)18-6-8-4-2-1-3-5-8/h7-8H,1-6H2. The van der Waals surface area contributed by atoms with E-state index in [1.807, 2.05) is 0 Å². The van der Waals surface area contributed by atoms with E-state index < -0.39 is 4.92 Å². The zero-order valence-electron chi connectivity index (χ0n) is 9.84. The van der Waals surface area contributed by atoms with Crippen LogP contribution in [0.4, 0.5) is 5.69 Å². The van der Waals surface area contributed by atoms with Crippen molar-refractivity contribution in [2.75, 3.05) is 6.61 Å². The number of halogens is 1. The van der Waals surface area contributed by atoms with Gasteiger partial charge in [-0.25, -0.2) is 4.98 Å². The number of ether oxygens (including phenoxy) is 1. The Morgan fingerprint density at radius 1 is 1.39 bits per heavy atom. The number of rotatable bonds is 4. The predicted octanol–water partition coefficient (Wildman–Crippen LogP) is 3.00. The first-order chi connectivity index (χ1) is 8.68. The quantitative estimate of drug-likeness (QED) is 0.478. The summed E-state index contributed by atoms with van der Waals surface area (Å²) in [4.78, 5) is 17.6. The van der Waals surface area contributed by atoms with Crippen molar-refractivity contribution in [3.63, 3.8) is 0 Å². The summed E-state index contributed by atoms with van der Waals surface area (Å²) in [6.07, 6.45) is 7.03. The Bertz CT molecular complexity index is 436. The van der Waals surface area contributed by atoms with E-state index in [-0.39, 0.29) is 16.7 Å². The van der Waals surface area contributed by atoms with Crippen LogP contribution in [-0.4, -0.2) is 21.5 Å². The van der Waals surface area contributed by atoms with E-state index in [2.05, 4.69) is 9.97 Å². The van der Waals surface area contributed by atoms with Gasteiger partial charge in [-0.15, -0.1) is 0 Å². The average molecular weight is 272 g/mol. The third-order valence-corrected chi connectivity index (χ3v) is 3.38. The molecular weight excluding hydrogens is 258 g/mol. The molecule has 0 radical (unpaired) electrons. The topological polar surface area (TPSA) is 78.2 Å². The fourth-order valence-electron chi connectivity index (χ4n) is 2.15. The molecule has 0 aliphatic heterocycles. The summed E-state index contributed by atoms with van der Waals surface area (Å²) in [5.74, 6) is 0.415. The first-order valence-corrected chi connectivity index (χ1v) is 6.34. The molecule has 0 unspecified atom stereocenters. The zero-order chi connectivity index (χ0) is 13.0. The Morgan fingerprint density at radius 3 is 2.78 bits per heavy atom. The molecule has 98 valence electrons. The van der Waals surface area contributed by atoms with E-state index >= 15 is 0 Å². The van der Waals surface area contributed by atoms with Crippen molar-refractivity contribution in [1.29, 1.82) is 0 Å². The van der Waals surface area contributed by atoms with Gasteiger partial charge in [0.1, 0.15) is 6.33 Å². The second-order valence-electron chi connectivity index (χ2n) is 4.39. The summed E-state index contributed by atoms with van der Waals surface area (Å²) >= 11 is 5.67. The third-order valence-electron chi connectivity index (χ3n) is 3.11. The highest BCUT2D eigenvalue weighted by Crippen LogP contribution is 2.31. The molecule has 18 heavy (non-hydrogen) atoms. The van der Waals surface area contributed by atoms with Crippen LogP contribution in [0.25, 0.3) is 0 Å². The zero-order valence-corrected chi connectivity index (χ0v) is 10.6. The molecule has 0 bridgehead atoms. The van der Waals surface area contributed by atoms with Crippen LogP contribution < -0.4 is 4.74 Å². The minimum atomic E-state index is -0.613. The lowest BCUT2D eigenvalue weighted by molar-refractivity contribution is -0.386. The minimum Gasteiger partial charge on any atom is -0.472 e. The van der Waals surface area contributed by atoms with Crippen molar-refractivity contribution in [3.05, 3.63) is 21.6 Å². The molecule has 0 atom stereocenters.